The van der Waals surface area contributed by atoms with Gasteiger partial charge in [0.05, 0.1) is 0 Å². The zero-order valence-corrected chi connectivity index (χ0v) is 11.7. The lowest BCUT2D eigenvalue weighted by Gasteiger charge is -2.24. The quantitative estimate of drug-likeness (QED) is 0.855. The number of amides is 1. The monoisotopic (exact) mass is 281 g/mol. The third-order valence-electron chi connectivity index (χ3n) is 2.87. The zero-order valence-electron chi connectivity index (χ0n) is 11.0. The summed E-state index contributed by atoms with van der Waals surface area (Å²) < 4.78 is 10.7. The molecule has 0 aliphatic carbocycles. The van der Waals surface area contributed by atoms with Crippen molar-refractivity contribution in [1.29, 1.82) is 0 Å². The van der Waals surface area contributed by atoms with Gasteiger partial charge < -0.3 is 14.4 Å². The van der Waals surface area contributed by atoms with Crippen LogP contribution in [0.5, 0.6) is 0 Å². The van der Waals surface area contributed by atoms with Gasteiger partial charge in [-0.2, -0.15) is 0 Å². The molecule has 19 heavy (non-hydrogen) atoms. The van der Waals surface area contributed by atoms with Gasteiger partial charge in [0.1, 0.15) is 19.0 Å². The Bertz CT molecular complexity index is 513. The molecule has 1 aliphatic heterocycles. The number of benzene rings is 1. The minimum atomic E-state index is -0.197. The number of carbonyl (C=O) groups excluding carboxylic acids is 1. The molecule has 0 radical (unpaired) electrons. The molecule has 0 saturated carbocycles. The summed E-state index contributed by atoms with van der Waals surface area (Å²) in [7, 11) is 1.71. The molecule has 0 saturated heterocycles. The van der Waals surface area contributed by atoms with Gasteiger partial charge in [0.2, 0.25) is 5.76 Å². The van der Waals surface area contributed by atoms with E-state index >= 15 is 0 Å². The molecule has 1 heterocycles. The Morgan fingerprint density at radius 1 is 1.32 bits per heavy atom. The van der Waals surface area contributed by atoms with E-state index in [0.717, 1.165) is 5.56 Å². The number of allylic oxidation sites excluding steroid dienone is 1. The van der Waals surface area contributed by atoms with E-state index in [4.69, 9.17) is 21.1 Å². The highest BCUT2D eigenvalue weighted by atomic mass is 35.5. The highest BCUT2D eigenvalue weighted by molar-refractivity contribution is 6.31. The largest absolute Gasteiger partial charge is 0.491 e. The van der Waals surface area contributed by atoms with Crippen LogP contribution >= 0.6 is 11.6 Å². The Morgan fingerprint density at radius 3 is 2.68 bits per heavy atom. The second-order valence-corrected chi connectivity index (χ2v) is 4.74. The second kappa shape index (κ2) is 5.97. The van der Waals surface area contributed by atoms with Crippen molar-refractivity contribution in [3.8, 4) is 0 Å². The lowest BCUT2D eigenvalue weighted by Crippen LogP contribution is -2.31. The van der Waals surface area contributed by atoms with Crippen LogP contribution < -0.4 is 0 Å². The van der Waals surface area contributed by atoms with E-state index in [9.17, 15) is 4.79 Å². The summed E-state index contributed by atoms with van der Waals surface area (Å²) in [5.74, 6) is 0.611. The average Bonchev–Trinajstić information content (AvgIpc) is 2.41. The van der Waals surface area contributed by atoms with Crippen LogP contribution in [0.3, 0.4) is 0 Å². The van der Waals surface area contributed by atoms with Gasteiger partial charge in [-0.1, -0.05) is 29.8 Å². The van der Waals surface area contributed by atoms with Crippen LogP contribution in [-0.4, -0.2) is 31.1 Å². The molecule has 2 rings (SSSR count). The topological polar surface area (TPSA) is 38.8 Å². The molecule has 0 atom stereocenters. The molecule has 0 N–H and O–H groups in total. The fourth-order valence-corrected chi connectivity index (χ4v) is 2.04. The van der Waals surface area contributed by atoms with Gasteiger partial charge in [-0.15, -0.1) is 0 Å². The van der Waals surface area contributed by atoms with E-state index in [1.54, 1.807) is 24.9 Å². The van der Waals surface area contributed by atoms with Crippen LogP contribution in [0.4, 0.5) is 0 Å². The number of rotatable bonds is 3. The minimum Gasteiger partial charge on any atom is -0.491 e. The minimum absolute atomic E-state index is 0.197. The summed E-state index contributed by atoms with van der Waals surface area (Å²) >= 11 is 6.08. The molecule has 4 nitrogen and oxygen atoms in total. The molecule has 0 spiro atoms. The normalized spacial score (nSPS) is 14.7. The summed E-state index contributed by atoms with van der Waals surface area (Å²) in [6.07, 6.45) is 0. The predicted octanol–water partition coefficient (Wildman–Crippen LogP) is 2.58. The number of likely N-dealkylation sites (N-methyl/N-ethyl adjacent to an activating group) is 1. The zero-order chi connectivity index (χ0) is 13.8. The second-order valence-electron chi connectivity index (χ2n) is 4.33. The molecule has 0 fully saturated rings. The lowest BCUT2D eigenvalue weighted by atomic mass is 10.2. The maximum Gasteiger partial charge on any atom is 0.292 e. The third kappa shape index (κ3) is 3.20. The van der Waals surface area contributed by atoms with Gasteiger partial charge in [0, 0.05) is 18.6 Å². The smallest absolute Gasteiger partial charge is 0.292 e. The van der Waals surface area contributed by atoms with E-state index in [1.807, 2.05) is 18.2 Å². The fraction of sp³-hybridized carbons (Fsp3) is 0.357. The average molecular weight is 282 g/mol. The van der Waals surface area contributed by atoms with Crippen molar-refractivity contribution >= 4 is 17.5 Å². The Balaban J connectivity index is 2.10. The van der Waals surface area contributed by atoms with Gasteiger partial charge in [-0.3, -0.25) is 4.79 Å². The predicted molar refractivity (Wildman–Crippen MR) is 72.5 cm³/mol. The first kappa shape index (κ1) is 13.7. The Kier molecular flexibility index (Phi) is 4.32. The van der Waals surface area contributed by atoms with Crippen LogP contribution in [-0.2, 0) is 20.8 Å². The van der Waals surface area contributed by atoms with Gasteiger partial charge in [0.25, 0.3) is 5.91 Å². The van der Waals surface area contributed by atoms with Crippen molar-refractivity contribution in [2.45, 2.75) is 13.5 Å². The van der Waals surface area contributed by atoms with E-state index < -0.39 is 0 Å². The van der Waals surface area contributed by atoms with Crippen LogP contribution in [0, 0.1) is 0 Å². The molecule has 0 bridgehead atoms. The molecule has 1 aromatic carbocycles. The molecule has 1 aromatic rings. The van der Waals surface area contributed by atoms with E-state index in [0.29, 0.717) is 30.5 Å². The van der Waals surface area contributed by atoms with Gasteiger partial charge >= 0.3 is 0 Å². The summed E-state index contributed by atoms with van der Waals surface area (Å²) in [5.41, 5.74) is 0.898. The Hall–Kier alpha value is -1.68. The van der Waals surface area contributed by atoms with Crippen LogP contribution in [0.2, 0.25) is 5.02 Å². The third-order valence-corrected chi connectivity index (χ3v) is 3.24. The summed E-state index contributed by atoms with van der Waals surface area (Å²) in [4.78, 5) is 13.8. The van der Waals surface area contributed by atoms with Crippen molar-refractivity contribution in [2.75, 3.05) is 20.3 Å². The molecule has 0 aromatic heterocycles. The molecule has 5 heteroatoms. The number of carbonyl (C=O) groups is 1. The number of nitrogens with zero attached hydrogens (tertiary/aromatic N) is 1. The van der Waals surface area contributed by atoms with Crippen LogP contribution in [0.25, 0.3) is 0 Å². The van der Waals surface area contributed by atoms with E-state index in [-0.39, 0.29) is 11.7 Å². The first-order valence-electron chi connectivity index (χ1n) is 6.05. The highest BCUT2D eigenvalue weighted by Crippen LogP contribution is 2.19. The molecular formula is C14H16ClNO3. The van der Waals surface area contributed by atoms with Crippen molar-refractivity contribution in [3.05, 3.63) is 46.4 Å². The van der Waals surface area contributed by atoms with Gasteiger partial charge in [-0.25, -0.2) is 0 Å². The standard InChI is InChI=1S/C14H16ClNO3/c1-10-13(19-8-7-18-10)14(17)16(2)9-11-5-3-4-6-12(11)15/h3-6H,7-9H2,1-2H3. The highest BCUT2D eigenvalue weighted by Gasteiger charge is 2.23. The molecular weight excluding hydrogens is 266 g/mol. The van der Waals surface area contributed by atoms with Crippen LogP contribution in [0.15, 0.2) is 35.8 Å². The molecule has 102 valence electrons. The van der Waals surface area contributed by atoms with Crippen LogP contribution in [0.1, 0.15) is 12.5 Å². The molecule has 1 aliphatic rings. The molecule has 0 unspecified atom stereocenters. The first-order valence-corrected chi connectivity index (χ1v) is 6.42. The van der Waals surface area contributed by atoms with Crippen molar-refractivity contribution in [3.63, 3.8) is 0 Å². The Morgan fingerprint density at radius 2 is 2.00 bits per heavy atom. The summed E-state index contributed by atoms with van der Waals surface area (Å²) in [5, 5.41) is 0.647. The van der Waals surface area contributed by atoms with E-state index in [1.165, 1.54) is 0 Å². The summed E-state index contributed by atoms with van der Waals surface area (Å²) in [6.45, 7) is 3.05. The number of hydrogen-bond donors (Lipinski definition) is 0. The van der Waals surface area contributed by atoms with Gasteiger partial charge in [0.15, 0.2) is 0 Å². The van der Waals surface area contributed by atoms with Crippen molar-refractivity contribution < 1.29 is 14.3 Å². The maximum atomic E-state index is 12.2. The maximum absolute atomic E-state index is 12.2. The van der Waals surface area contributed by atoms with E-state index in [2.05, 4.69) is 0 Å². The number of hydrogen-bond acceptors (Lipinski definition) is 3. The molecule has 1 amide bonds. The number of halogens is 1. The first-order chi connectivity index (χ1) is 9.09. The van der Waals surface area contributed by atoms with Crippen molar-refractivity contribution in [2.24, 2.45) is 0 Å². The van der Waals surface area contributed by atoms with Crippen molar-refractivity contribution in [1.82, 2.24) is 4.90 Å². The van der Waals surface area contributed by atoms with Gasteiger partial charge in [-0.05, 0) is 18.6 Å². The SMILES string of the molecule is CC1=C(C(=O)N(C)Cc2ccccc2Cl)OCCO1. The Labute approximate surface area is 117 Å². The number of ether oxygens (including phenoxy) is 2. The lowest BCUT2D eigenvalue weighted by molar-refractivity contribution is -0.132. The summed E-state index contributed by atoms with van der Waals surface area (Å²) in [6, 6.07) is 7.45. The fourth-order valence-electron chi connectivity index (χ4n) is 1.85.